The van der Waals surface area contributed by atoms with Crippen LogP contribution < -0.4 is 16.4 Å². The van der Waals surface area contributed by atoms with E-state index in [0.29, 0.717) is 12.1 Å². The summed E-state index contributed by atoms with van der Waals surface area (Å²) in [7, 11) is 0. The van der Waals surface area contributed by atoms with E-state index in [9.17, 15) is 14.0 Å². The summed E-state index contributed by atoms with van der Waals surface area (Å²) in [5, 5.41) is 5.11. The highest BCUT2D eigenvalue weighted by molar-refractivity contribution is 5.94. The summed E-state index contributed by atoms with van der Waals surface area (Å²) >= 11 is 0. The minimum absolute atomic E-state index is 0.0541. The highest BCUT2D eigenvalue weighted by Crippen LogP contribution is 2.26. The van der Waals surface area contributed by atoms with Crippen LogP contribution in [0.3, 0.4) is 0 Å². The van der Waals surface area contributed by atoms with Gasteiger partial charge in [-0.2, -0.15) is 0 Å². The molecule has 108 valence electrons. The van der Waals surface area contributed by atoms with Crippen LogP contribution in [0.2, 0.25) is 0 Å². The molecular weight excluding hydrogens is 261 g/mol. The van der Waals surface area contributed by atoms with Crippen LogP contribution in [0.4, 0.5) is 15.8 Å². The number of nitrogens with two attached hydrogens (primary N) is 1. The van der Waals surface area contributed by atoms with Crippen LogP contribution >= 0.6 is 0 Å². The van der Waals surface area contributed by atoms with Gasteiger partial charge in [0, 0.05) is 24.6 Å². The lowest BCUT2D eigenvalue weighted by Crippen LogP contribution is -2.23. The number of halogens is 1. The zero-order valence-electron chi connectivity index (χ0n) is 11.3. The van der Waals surface area contributed by atoms with Gasteiger partial charge in [0.05, 0.1) is 5.69 Å². The number of hydrogen-bond donors (Lipinski definition) is 3. The normalized spacial score (nSPS) is 21.6. The first-order valence-electron chi connectivity index (χ1n) is 6.59. The highest BCUT2D eigenvalue weighted by Gasteiger charge is 2.27. The van der Waals surface area contributed by atoms with Gasteiger partial charge < -0.3 is 16.4 Å². The Morgan fingerprint density at radius 2 is 2.05 bits per heavy atom. The second-order valence-electron chi connectivity index (χ2n) is 5.14. The number of nitrogens with one attached hydrogen (secondary N) is 2. The van der Waals surface area contributed by atoms with E-state index in [4.69, 9.17) is 5.73 Å². The predicted molar refractivity (Wildman–Crippen MR) is 74.6 cm³/mol. The van der Waals surface area contributed by atoms with Crippen LogP contribution in [-0.2, 0) is 9.59 Å². The Morgan fingerprint density at radius 3 is 2.65 bits per heavy atom. The third kappa shape index (κ3) is 3.54. The van der Waals surface area contributed by atoms with Gasteiger partial charge in [0.2, 0.25) is 11.8 Å². The van der Waals surface area contributed by atoms with Crippen LogP contribution in [-0.4, -0.2) is 17.9 Å². The zero-order chi connectivity index (χ0) is 14.7. The lowest BCUT2D eigenvalue weighted by molar-refractivity contribution is -0.119. The van der Waals surface area contributed by atoms with Gasteiger partial charge >= 0.3 is 0 Å². The van der Waals surface area contributed by atoms with Crippen molar-refractivity contribution >= 4 is 23.2 Å². The summed E-state index contributed by atoms with van der Waals surface area (Å²) in [5.74, 6) is -1.12. The Balaban J connectivity index is 2.05. The average Bonchev–Trinajstić information content (AvgIpc) is 2.79. The molecule has 1 aliphatic rings. The number of amides is 2. The van der Waals surface area contributed by atoms with Crippen molar-refractivity contribution in [1.29, 1.82) is 0 Å². The SMILES string of the molecule is CC(=O)Nc1cc(NC(=O)C2CCC(N)C2)ccc1F. The molecule has 2 atom stereocenters. The maximum absolute atomic E-state index is 13.5. The third-order valence-electron chi connectivity index (χ3n) is 3.39. The molecule has 1 aromatic rings. The van der Waals surface area contributed by atoms with E-state index in [0.717, 1.165) is 12.8 Å². The predicted octanol–water partition coefficient (Wildman–Crippen LogP) is 1.85. The molecule has 2 unspecified atom stereocenters. The largest absolute Gasteiger partial charge is 0.328 e. The molecule has 2 amide bonds. The molecule has 0 aromatic heterocycles. The molecule has 1 aromatic carbocycles. The Hall–Kier alpha value is -1.95. The molecule has 1 aliphatic carbocycles. The van der Waals surface area contributed by atoms with Crippen LogP contribution in [0, 0.1) is 11.7 Å². The molecule has 0 aliphatic heterocycles. The molecule has 5 nitrogen and oxygen atoms in total. The Morgan fingerprint density at radius 1 is 1.30 bits per heavy atom. The quantitative estimate of drug-likeness (QED) is 0.789. The van der Waals surface area contributed by atoms with Gasteiger partial charge in [-0.3, -0.25) is 9.59 Å². The summed E-state index contributed by atoms with van der Waals surface area (Å²) in [5.41, 5.74) is 6.29. The maximum atomic E-state index is 13.5. The monoisotopic (exact) mass is 279 g/mol. The summed E-state index contributed by atoms with van der Waals surface area (Å²) in [6.45, 7) is 1.30. The van der Waals surface area contributed by atoms with Crippen LogP contribution in [0.1, 0.15) is 26.2 Å². The molecule has 6 heteroatoms. The van der Waals surface area contributed by atoms with Crippen molar-refractivity contribution in [3.05, 3.63) is 24.0 Å². The molecule has 4 N–H and O–H groups in total. The molecule has 1 fully saturated rings. The Bertz CT molecular complexity index is 533. The van der Waals surface area contributed by atoms with Gasteiger partial charge in [-0.05, 0) is 37.5 Å². The fourth-order valence-corrected chi connectivity index (χ4v) is 2.39. The van der Waals surface area contributed by atoms with Crippen molar-refractivity contribution in [2.75, 3.05) is 10.6 Å². The second-order valence-corrected chi connectivity index (χ2v) is 5.14. The average molecular weight is 279 g/mol. The van der Waals surface area contributed by atoms with Crippen molar-refractivity contribution in [3.63, 3.8) is 0 Å². The Labute approximate surface area is 116 Å². The minimum atomic E-state index is -0.541. The molecule has 0 saturated heterocycles. The topological polar surface area (TPSA) is 84.2 Å². The van der Waals surface area contributed by atoms with Crippen molar-refractivity contribution in [2.45, 2.75) is 32.2 Å². The molecule has 0 spiro atoms. The lowest BCUT2D eigenvalue weighted by Gasteiger charge is -2.12. The summed E-state index contributed by atoms with van der Waals surface area (Å²) in [6.07, 6.45) is 2.29. The Kier molecular flexibility index (Phi) is 4.34. The van der Waals surface area contributed by atoms with Crippen LogP contribution in [0.15, 0.2) is 18.2 Å². The smallest absolute Gasteiger partial charge is 0.227 e. The van der Waals surface area contributed by atoms with Gasteiger partial charge in [-0.25, -0.2) is 4.39 Å². The van der Waals surface area contributed by atoms with Gasteiger partial charge in [-0.15, -0.1) is 0 Å². The van der Waals surface area contributed by atoms with E-state index < -0.39 is 5.82 Å². The van der Waals surface area contributed by atoms with Gasteiger partial charge in [0.25, 0.3) is 0 Å². The zero-order valence-corrected chi connectivity index (χ0v) is 11.3. The second kappa shape index (κ2) is 6.00. The fourth-order valence-electron chi connectivity index (χ4n) is 2.39. The number of benzene rings is 1. The standard InChI is InChI=1S/C14H18FN3O2/c1-8(19)17-13-7-11(4-5-12(13)15)18-14(20)9-2-3-10(16)6-9/h4-5,7,9-10H,2-3,6,16H2,1H3,(H,17,19)(H,18,20). The first-order chi connectivity index (χ1) is 9.45. The summed E-state index contributed by atoms with van der Waals surface area (Å²) in [4.78, 5) is 23.0. The molecule has 0 heterocycles. The lowest BCUT2D eigenvalue weighted by atomic mass is 10.1. The molecular formula is C14H18FN3O2. The van der Waals surface area contributed by atoms with Crippen molar-refractivity contribution in [3.8, 4) is 0 Å². The highest BCUT2D eigenvalue weighted by atomic mass is 19.1. The molecule has 0 radical (unpaired) electrons. The van der Waals surface area contributed by atoms with Gasteiger partial charge in [-0.1, -0.05) is 0 Å². The fraction of sp³-hybridized carbons (Fsp3) is 0.429. The van der Waals surface area contributed by atoms with E-state index in [-0.39, 0.29) is 29.5 Å². The number of carbonyl (C=O) groups is 2. The maximum Gasteiger partial charge on any atom is 0.227 e. The third-order valence-corrected chi connectivity index (χ3v) is 3.39. The first-order valence-corrected chi connectivity index (χ1v) is 6.59. The summed E-state index contributed by atoms with van der Waals surface area (Å²) < 4.78 is 13.5. The number of rotatable bonds is 3. The van der Waals surface area contributed by atoms with Gasteiger partial charge in [0.15, 0.2) is 0 Å². The molecule has 2 rings (SSSR count). The summed E-state index contributed by atoms with van der Waals surface area (Å²) in [6, 6.07) is 4.16. The minimum Gasteiger partial charge on any atom is -0.328 e. The van der Waals surface area contributed by atoms with E-state index in [1.54, 1.807) is 0 Å². The van der Waals surface area contributed by atoms with Gasteiger partial charge in [0.1, 0.15) is 5.82 Å². The number of anilines is 2. The first kappa shape index (κ1) is 14.5. The van der Waals surface area contributed by atoms with Crippen LogP contribution in [0.25, 0.3) is 0 Å². The number of carbonyl (C=O) groups excluding carboxylic acids is 2. The molecule has 20 heavy (non-hydrogen) atoms. The van der Waals surface area contributed by atoms with E-state index in [1.165, 1.54) is 25.1 Å². The molecule has 0 bridgehead atoms. The van der Waals surface area contributed by atoms with E-state index >= 15 is 0 Å². The van der Waals surface area contributed by atoms with Crippen molar-refractivity contribution in [2.24, 2.45) is 11.7 Å². The number of hydrogen-bond acceptors (Lipinski definition) is 3. The van der Waals surface area contributed by atoms with E-state index in [1.807, 2.05) is 0 Å². The van der Waals surface area contributed by atoms with E-state index in [2.05, 4.69) is 10.6 Å². The molecule has 1 saturated carbocycles. The van der Waals surface area contributed by atoms with Crippen LogP contribution in [0.5, 0.6) is 0 Å². The van der Waals surface area contributed by atoms with Crippen molar-refractivity contribution < 1.29 is 14.0 Å². The van der Waals surface area contributed by atoms with Crippen molar-refractivity contribution in [1.82, 2.24) is 0 Å².